The molecule has 1 aliphatic rings. The first-order chi connectivity index (χ1) is 13.1. The number of nitrogens with zero attached hydrogens (tertiary/aromatic N) is 3. The highest BCUT2D eigenvalue weighted by atomic mass is 32.1. The van der Waals surface area contributed by atoms with Gasteiger partial charge in [-0.05, 0) is 19.8 Å². The Morgan fingerprint density at radius 1 is 1.37 bits per heavy atom. The SMILES string of the molecule is Cc1nn(CC(=O)NCC2CCCO2)c(=O)c2nc(-c3ccccc3)sc12. The Hall–Kier alpha value is -2.58. The number of aryl methyl sites for hydroxylation is 1. The van der Waals surface area contributed by atoms with E-state index in [9.17, 15) is 9.59 Å². The summed E-state index contributed by atoms with van der Waals surface area (Å²) in [7, 11) is 0. The van der Waals surface area contributed by atoms with E-state index in [0.29, 0.717) is 17.8 Å². The third-order valence-electron chi connectivity index (χ3n) is 4.53. The number of ether oxygens (including phenoxy) is 1. The zero-order valence-corrected chi connectivity index (χ0v) is 15.8. The molecule has 0 aliphatic carbocycles. The Bertz CT molecular complexity index is 1020. The molecular weight excluding hydrogens is 364 g/mol. The molecule has 1 fully saturated rings. The van der Waals surface area contributed by atoms with Gasteiger partial charge in [-0.15, -0.1) is 11.3 Å². The molecular formula is C19H20N4O3S. The molecule has 1 amide bonds. The van der Waals surface area contributed by atoms with Gasteiger partial charge in [0, 0.05) is 18.7 Å². The van der Waals surface area contributed by atoms with Gasteiger partial charge in [0.15, 0.2) is 5.52 Å². The second kappa shape index (κ2) is 7.58. The minimum atomic E-state index is -0.346. The molecule has 1 aromatic carbocycles. The van der Waals surface area contributed by atoms with E-state index in [2.05, 4.69) is 15.4 Å². The number of carbonyl (C=O) groups excluding carboxylic acids is 1. The summed E-state index contributed by atoms with van der Waals surface area (Å²) in [6, 6.07) is 9.72. The van der Waals surface area contributed by atoms with Crippen molar-refractivity contribution in [3.8, 4) is 10.6 Å². The van der Waals surface area contributed by atoms with Gasteiger partial charge in [-0.25, -0.2) is 9.67 Å². The van der Waals surface area contributed by atoms with Crippen LogP contribution in [-0.4, -0.2) is 39.9 Å². The average molecular weight is 384 g/mol. The fourth-order valence-electron chi connectivity index (χ4n) is 3.14. The van der Waals surface area contributed by atoms with Crippen LogP contribution >= 0.6 is 11.3 Å². The zero-order chi connectivity index (χ0) is 18.8. The van der Waals surface area contributed by atoms with Gasteiger partial charge < -0.3 is 10.1 Å². The maximum Gasteiger partial charge on any atom is 0.294 e. The molecule has 0 spiro atoms. The standard InChI is InChI=1S/C19H20N4O3S/c1-12-17-16(21-18(27-17)13-6-3-2-4-7-13)19(25)23(22-12)11-15(24)20-10-14-8-5-9-26-14/h2-4,6-7,14H,5,8-11H2,1H3,(H,20,24). The van der Waals surface area contributed by atoms with Crippen LogP contribution in [0.5, 0.6) is 0 Å². The van der Waals surface area contributed by atoms with E-state index in [4.69, 9.17) is 4.74 Å². The van der Waals surface area contributed by atoms with Gasteiger partial charge in [-0.3, -0.25) is 9.59 Å². The monoisotopic (exact) mass is 384 g/mol. The van der Waals surface area contributed by atoms with Crippen LogP contribution in [-0.2, 0) is 16.1 Å². The number of fused-ring (bicyclic) bond motifs is 1. The van der Waals surface area contributed by atoms with Gasteiger partial charge >= 0.3 is 0 Å². The van der Waals surface area contributed by atoms with E-state index in [0.717, 1.165) is 34.7 Å². The van der Waals surface area contributed by atoms with Gasteiger partial charge in [0.25, 0.3) is 5.56 Å². The van der Waals surface area contributed by atoms with Crippen LogP contribution in [0.15, 0.2) is 35.1 Å². The van der Waals surface area contributed by atoms with Crippen molar-refractivity contribution in [3.63, 3.8) is 0 Å². The van der Waals surface area contributed by atoms with Crippen LogP contribution in [0.4, 0.5) is 0 Å². The van der Waals surface area contributed by atoms with Gasteiger partial charge in [-0.1, -0.05) is 30.3 Å². The normalized spacial score (nSPS) is 16.7. The van der Waals surface area contributed by atoms with Gasteiger partial charge in [0.2, 0.25) is 5.91 Å². The largest absolute Gasteiger partial charge is 0.376 e. The lowest BCUT2D eigenvalue weighted by molar-refractivity contribution is -0.122. The number of carbonyl (C=O) groups is 1. The molecule has 1 unspecified atom stereocenters. The smallest absolute Gasteiger partial charge is 0.294 e. The summed E-state index contributed by atoms with van der Waals surface area (Å²) in [5.41, 5.74) is 1.66. The molecule has 3 heterocycles. The predicted octanol–water partition coefficient (Wildman–Crippen LogP) is 2.12. The van der Waals surface area contributed by atoms with Crippen molar-refractivity contribution in [3.05, 3.63) is 46.4 Å². The van der Waals surface area contributed by atoms with E-state index in [1.54, 1.807) is 0 Å². The fraction of sp³-hybridized carbons (Fsp3) is 0.368. The molecule has 0 bridgehead atoms. The molecule has 140 valence electrons. The molecule has 4 rings (SSSR count). The van der Waals surface area contributed by atoms with Crippen LogP contribution in [0.1, 0.15) is 18.5 Å². The first kappa shape index (κ1) is 17.8. The molecule has 8 heteroatoms. The van der Waals surface area contributed by atoms with Gasteiger partial charge in [-0.2, -0.15) is 5.10 Å². The Kier molecular flexibility index (Phi) is 5.00. The molecule has 2 aromatic heterocycles. The quantitative estimate of drug-likeness (QED) is 0.728. The molecule has 0 saturated carbocycles. The predicted molar refractivity (Wildman–Crippen MR) is 104 cm³/mol. The van der Waals surface area contributed by atoms with Crippen molar-refractivity contribution in [1.29, 1.82) is 0 Å². The number of thiazole rings is 1. The summed E-state index contributed by atoms with van der Waals surface area (Å²) >= 11 is 1.44. The topological polar surface area (TPSA) is 86.1 Å². The van der Waals surface area contributed by atoms with Crippen molar-refractivity contribution >= 4 is 27.5 Å². The molecule has 3 aromatic rings. The second-order valence-electron chi connectivity index (χ2n) is 6.55. The van der Waals surface area contributed by atoms with Crippen LogP contribution in [0.25, 0.3) is 20.8 Å². The number of hydrogen-bond acceptors (Lipinski definition) is 6. The van der Waals surface area contributed by atoms with E-state index < -0.39 is 0 Å². The van der Waals surface area contributed by atoms with Crippen LogP contribution < -0.4 is 10.9 Å². The van der Waals surface area contributed by atoms with Crippen molar-refractivity contribution in [2.24, 2.45) is 0 Å². The minimum absolute atomic E-state index is 0.0646. The van der Waals surface area contributed by atoms with E-state index >= 15 is 0 Å². The van der Waals surface area contributed by atoms with Crippen LogP contribution in [0.2, 0.25) is 0 Å². The lowest BCUT2D eigenvalue weighted by Gasteiger charge is -2.11. The Balaban J connectivity index is 1.57. The molecule has 1 atom stereocenters. The first-order valence-electron chi connectivity index (χ1n) is 8.94. The van der Waals surface area contributed by atoms with Crippen molar-refractivity contribution < 1.29 is 9.53 Å². The summed E-state index contributed by atoms with van der Waals surface area (Å²) in [6.07, 6.45) is 2.03. The second-order valence-corrected chi connectivity index (χ2v) is 7.55. The Labute approximate surface area is 160 Å². The first-order valence-corrected chi connectivity index (χ1v) is 9.75. The average Bonchev–Trinajstić information content (AvgIpc) is 3.35. The van der Waals surface area contributed by atoms with Crippen molar-refractivity contribution in [1.82, 2.24) is 20.1 Å². The fourth-order valence-corrected chi connectivity index (χ4v) is 4.14. The van der Waals surface area contributed by atoms with Crippen LogP contribution in [0.3, 0.4) is 0 Å². The number of amides is 1. The summed E-state index contributed by atoms with van der Waals surface area (Å²) < 4.78 is 7.44. The van der Waals surface area contributed by atoms with Gasteiger partial charge in [0.1, 0.15) is 11.6 Å². The van der Waals surface area contributed by atoms with Crippen molar-refractivity contribution in [2.75, 3.05) is 13.2 Å². The lowest BCUT2D eigenvalue weighted by atomic mass is 10.2. The summed E-state index contributed by atoms with van der Waals surface area (Å²) in [5, 5.41) is 7.90. The highest BCUT2D eigenvalue weighted by Gasteiger charge is 2.18. The highest BCUT2D eigenvalue weighted by molar-refractivity contribution is 7.21. The van der Waals surface area contributed by atoms with E-state index in [1.807, 2.05) is 37.3 Å². The third-order valence-corrected chi connectivity index (χ3v) is 5.74. The zero-order valence-electron chi connectivity index (χ0n) is 15.0. The molecule has 27 heavy (non-hydrogen) atoms. The summed E-state index contributed by atoms with van der Waals surface area (Å²) in [4.78, 5) is 29.5. The number of hydrogen-bond donors (Lipinski definition) is 1. The summed E-state index contributed by atoms with van der Waals surface area (Å²) in [5.74, 6) is -0.252. The summed E-state index contributed by atoms with van der Waals surface area (Å²) in [6.45, 7) is 2.91. The number of benzene rings is 1. The maximum atomic E-state index is 12.8. The molecule has 1 saturated heterocycles. The highest BCUT2D eigenvalue weighted by Crippen LogP contribution is 2.29. The third kappa shape index (κ3) is 3.77. The molecule has 1 N–H and O–H groups in total. The Morgan fingerprint density at radius 2 is 2.19 bits per heavy atom. The number of aromatic nitrogens is 3. The number of nitrogens with one attached hydrogen (secondary N) is 1. The Morgan fingerprint density at radius 3 is 2.93 bits per heavy atom. The maximum absolute atomic E-state index is 12.8. The van der Waals surface area contributed by atoms with E-state index in [-0.39, 0.29) is 24.1 Å². The van der Waals surface area contributed by atoms with E-state index in [1.165, 1.54) is 16.0 Å². The molecule has 0 radical (unpaired) electrons. The number of rotatable bonds is 5. The lowest BCUT2D eigenvalue weighted by Crippen LogP contribution is -2.37. The van der Waals surface area contributed by atoms with Gasteiger partial charge in [0.05, 0.1) is 16.5 Å². The molecule has 1 aliphatic heterocycles. The minimum Gasteiger partial charge on any atom is -0.376 e. The molecule has 7 nitrogen and oxygen atoms in total. The van der Waals surface area contributed by atoms with Crippen molar-refractivity contribution in [2.45, 2.75) is 32.4 Å². The van der Waals surface area contributed by atoms with Crippen LogP contribution in [0, 0.1) is 6.92 Å².